The minimum atomic E-state index is 0.128. The van der Waals surface area contributed by atoms with Crippen LogP contribution in [0.1, 0.15) is 37.8 Å². The molecule has 1 aliphatic carbocycles. The maximum atomic E-state index is 12.9. The number of thiazole rings is 1. The van der Waals surface area contributed by atoms with E-state index < -0.39 is 0 Å². The van der Waals surface area contributed by atoms with Crippen molar-refractivity contribution in [1.82, 2.24) is 25.0 Å². The smallest absolute Gasteiger partial charge is 0.234 e. The average Bonchev–Trinajstić information content (AvgIpc) is 3.39. The molecule has 3 aliphatic rings. The zero-order valence-corrected chi connectivity index (χ0v) is 21.6. The van der Waals surface area contributed by atoms with Crippen molar-refractivity contribution >= 4 is 17.2 Å². The molecule has 1 N–H and O–H groups in total. The molecular formula is C27H39N5O2S. The molecule has 35 heavy (non-hydrogen) atoms. The fraction of sp³-hybridized carbons (Fsp3) is 0.630. The molecule has 0 atom stereocenters. The molecule has 190 valence electrons. The van der Waals surface area contributed by atoms with Gasteiger partial charge in [-0.3, -0.25) is 19.5 Å². The van der Waals surface area contributed by atoms with Crippen molar-refractivity contribution in [3.63, 3.8) is 0 Å². The van der Waals surface area contributed by atoms with Crippen molar-refractivity contribution in [2.24, 2.45) is 0 Å². The van der Waals surface area contributed by atoms with Gasteiger partial charge in [0.15, 0.2) is 0 Å². The molecule has 2 aromatic rings. The van der Waals surface area contributed by atoms with E-state index in [-0.39, 0.29) is 11.4 Å². The maximum absolute atomic E-state index is 12.9. The summed E-state index contributed by atoms with van der Waals surface area (Å²) in [4.78, 5) is 25.1. The zero-order valence-electron chi connectivity index (χ0n) is 20.8. The highest BCUT2D eigenvalue weighted by atomic mass is 32.1. The number of rotatable bonds is 8. The molecule has 3 fully saturated rings. The first-order chi connectivity index (χ1) is 17.2. The summed E-state index contributed by atoms with van der Waals surface area (Å²) >= 11 is 1.72. The van der Waals surface area contributed by atoms with E-state index in [0.29, 0.717) is 6.54 Å². The number of nitrogens with one attached hydrogen (secondary N) is 1. The van der Waals surface area contributed by atoms with Crippen LogP contribution in [0, 0.1) is 0 Å². The van der Waals surface area contributed by atoms with E-state index >= 15 is 0 Å². The molecule has 0 spiro atoms. The number of hydrogen-bond donors (Lipinski definition) is 1. The number of nitrogens with zero attached hydrogens (tertiary/aromatic N) is 4. The van der Waals surface area contributed by atoms with E-state index in [2.05, 4.69) is 49.7 Å². The summed E-state index contributed by atoms with van der Waals surface area (Å²) in [6, 6.07) is 10.4. The molecule has 7 nitrogen and oxygen atoms in total. The second-order valence-corrected chi connectivity index (χ2v) is 11.1. The third-order valence-corrected chi connectivity index (χ3v) is 8.81. The predicted octanol–water partition coefficient (Wildman–Crippen LogP) is 3.08. The first-order valence-corrected chi connectivity index (χ1v) is 14.1. The number of aromatic nitrogens is 1. The van der Waals surface area contributed by atoms with Gasteiger partial charge in [0, 0.05) is 68.8 Å². The van der Waals surface area contributed by atoms with Gasteiger partial charge in [0.25, 0.3) is 0 Å². The number of morpholine rings is 1. The van der Waals surface area contributed by atoms with E-state index in [1.165, 1.54) is 37.7 Å². The van der Waals surface area contributed by atoms with Gasteiger partial charge in [-0.2, -0.15) is 0 Å². The van der Waals surface area contributed by atoms with Crippen LogP contribution < -0.4 is 5.32 Å². The third kappa shape index (κ3) is 6.49. The Morgan fingerprint density at radius 2 is 1.69 bits per heavy atom. The fourth-order valence-electron chi connectivity index (χ4n) is 5.80. The maximum Gasteiger partial charge on any atom is 0.234 e. The molecule has 0 radical (unpaired) electrons. The Morgan fingerprint density at radius 1 is 0.971 bits per heavy atom. The Morgan fingerprint density at radius 3 is 2.43 bits per heavy atom. The average molecular weight is 498 g/mol. The van der Waals surface area contributed by atoms with Crippen LogP contribution in [0.3, 0.4) is 0 Å². The van der Waals surface area contributed by atoms with Crippen molar-refractivity contribution in [2.75, 3.05) is 65.6 Å². The normalized spacial score (nSPS) is 22.2. The number of carbonyl (C=O) groups is 1. The number of amides is 1. The molecule has 1 aromatic carbocycles. The van der Waals surface area contributed by atoms with E-state index in [1.807, 2.05) is 6.07 Å². The second-order valence-electron chi connectivity index (χ2n) is 10.2. The van der Waals surface area contributed by atoms with Crippen molar-refractivity contribution in [3.8, 4) is 10.6 Å². The molecule has 2 aliphatic heterocycles. The van der Waals surface area contributed by atoms with Gasteiger partial charge in [-0.05, 0) is 12.8 Å². The molecule has 8 heteroatoms. The van der Waals surface area contributed by atoms with Crippen LogP contribution in [-0.2, 0) is 16.1 Å². The van der Waals surface area contributed by atoms with Gasteiger partial charge in [0.1, 0.15) is 5.01 Å². The number of carbonyl (C=O) groups excluding carboxylic acids is 1. The van der Waals surface area contributed by atoms with Crippen LogP contribution in [0.5, 0.6) is 0 Å². The largest absolute Gasteiger partial charge is 0.379 e. The standard InChI is InChI=1S/C27H39N5O2S/c33-25(28-22-27(9-5-2-6-10-27)32-15-17-34-18-16-32)20-31-13-11-30(12-14-31)19-24-21-35-26(29-24)23-7-3-1-4-8-23/h1,3-4,7-8,21H,2,5-6,9-20,22H2,(H,28,33). The molecule has 3 heterocycles. The van der Waals surface area contributed by atoms with E-state index in [1.54, 1.807) is 11.3 Å². The summed E-state index contributed by atoms with van der Waals surface area (Å²) in [5.41, 5.74) is 2.45. The lowest BCUT2D eigenvalue weighted by Crippen LogP contribution is -2.60. The summed E-state index contributed by atoms with van der Waals surface area (Å²) in [5, 5.41) is 6.59. The molecule has 1 amide bonds. The Labute approximate surface area is 213 Å². The SMILES string of the molecule is O=C(CN1CCN(Cc2csc(-c3ccccc3)n2)CC1)NCC1(N2CCOCC2)CCCCC1. The second kappa shape index (κ2) is 11.9. The van der Waals surface area contributed by atoms with Crippen molar-refractivity contribution in [1.29, 1.82) is 0 Å². The topological polar surface area (TPSA) is 60.9 Å². The monoisotopic (exact) mass is 497 g/mol. The third-order valence-electron chi connectivity index (χ3n) is 7.87. The van der Waals surface area contributed by atoms with Gasteiger partial charge >= 0.3 is 0 Å². The minimum Gasteiger partial charge on any atom is -0.379 e. The first kappa shape index (κ1) is 24.8. The van der Waals surface area contributed by atoms with Crippen molar-refractivity contribution < 1.29 is 9.53 Å². The number of piperazine rings is 1. The highest BCUT2D eigenvalue weighted by molar-refractivity contribution is 7.13. The van der Waals surface area contributed by atoms with Crippen LogP contribution >= 0.6 is 11.3 Å². The Hall–Kier alpha value is -1.84. The van der Waals surface area contributed by atoms with Crippen LogP contribution in [0.15, 0.2) is 35.7 Å². The van der Waals surface area contributed by atoms with Gasteiger partial charge < -0.3 is 10.1 Å². The molecular weight excluding hydrogens is 458 g/mol. The van der Waals surface area contributed by atoms with Crippen molar-refractivity contribution in [2.45, 2.75) is 44.2 Å². The molecule has 1 saturated carbocycles. The van der Waals surface area contributed by atoms with Crippen LogP contribution in [0.4, 0.5) is 0 Å². The highest BCUT2D eigenvalue weighted by Crippen LogP contribution is 2.34. The molecule has 0 unspecified atom stereocenters. The lowest BCUT2D eigenvalue weighted by atomic mass is 9.79. The summed E-state index contributed by atoms with van der Waals surface area (Å²) in [5.74, 6) is 0.170. The van der Waals surface area contributed by atoms with Gasteiger partial charge in [0.2, 0.25) is 5.91 Å². The van der Waals surface area contributed by atoms with Gasteiger partial charge in [0.05, 0.1) is 25.5 Å². The van der Waals surface area contributed by atoms with E-state index in [9.17, 15) is 4.79 Å². The van der Waals surface area contributed by atoms with E-state index in [0.717, 1.165) is 76.3 Å². The lowest BCUT2D eigenvalue weighted by molar-refractivity contribution is -0.124. The van der Waals surface area contributed by atoms with Crippen LogP contribution in [-0.4, -0.2) is 96.7 Å². The molecule has 1 aromatic heterocycles. The van der Waals surface area contributed by atoms with Crippen LogP contribution in [0.2, 0.25) is 0 Å². The molecule has 2 saturated heterocycles. The van der Waals surface area contributed by atoms with Gasteiger partial charge in [-0.1, -0.05) is 49.6 Å². The molecule has 5 rings (SSSR count). The number of ether oxygens (including phenoxy) is 1. The predicted molar refractivity (Wildman–Crippen MR) is 140 cm³/mol. The zero-order chi connectivity index (χ0) is 23.9. The Balaban J connectivity index is 1.06. The Kier molecular flexibility index (Phi) is 8.47. The van der Waals surface area contributed by atoms with Gasteiger partial charge in [-0.15, -0.1) is 11.3 Å². The summed E-state index contributed by atoms with van der Waals surface area (Å²) < 4.78 is 5.59. The summed E-state index contributed by atoms with van der Waals surface area (Å²) in [7, 11) is 0. The first-order valence-electron chi connectivity index (χ1n) is 13.2. The highest BCUT2D eigenvalue weighted by Gasteiger charge is 2.38. The fourth-order valence-corrected chi connectivity index (χ4v) is 6.62. The van der Waals surface area contributed by atoms with Crippen LogP contribution in [0.25, 0.3) is 10.6 Å². The number of hydrogen-bond acceptors (Lipinski definition) is 7. The quantitative estimate of drug-likeness (QED) is 0.605. The summed E-state index contributed by atoms with van der Waals surface area (Å²) in [6.07, 6.45) is 6.23. The lowest BCUT2D eigenvalue weighted by Gasteiger charge is -2.48. The minimum absolute atomic E-state index is 0.128. The van der Waals surface area contributed by atoms with Gasteiger partial charge in [-0.25, -0.2) is 4.98 Å². The molecule has 0 bridgehead atoms. The van der Waals surface area contributed by atoms with Crippen molar-refractivity contribution in [3.05, 3.63) is 41.4 Å². The van der Waals surface area contributed by atoms with E-state index in [4.69, 9.17) is 9.72 Å². The Bertz CT molecular complexity index is 932. The summed E-state index contributed by atoms with van der Waals surface area (Å²) in [6.45, 7) is 9.57. The number of benzene rings is 1.